The third kappa shape index (κ3) is 4.21. The molecule has 96 valence electrons. The van der Waals surface area contributed by atoms with Gasteiger partial charge >= 0.3 is 0 Å². The molecular formula is C14H23ClN2. The van der Waals surface area contributed by atoms with Gasteiger partial charge in [-0.05, 0) is 44.0 Å². The van der Waals surface area contributed by atoms with Crippen molar-refractivity contribution in [3.05, 3.63) is 28.8 Å². The molecule has 0 saturated carbocycles. The zero-order valence-corrected chi connectivity index (χ0v) is 11.6. The van der Waals surface area contributed by atoms with E-state index in [0.29, 0.717) is 6.54 Å². The summed E-state index contributed by atoms with van der Waals surface area (Å²) < 4.78 is 0. The van der Waals surface area contributed by atoms with Gasteiger partial charge in [-0.15, -0.1) is 0 Å². The van der Waals surface area contributed by atoms with Crippen LogP contribution in [0.15, 0.2) is 18.2 Å². The van der Waals surface area contributed by atoms with E-state index in [4.69, 9.17) is 17.3 Å². The largest absolute Gasteiger partial charge is 0.372 e. The summed E-state index contributed by atoms with van der Waals surface area (Å²) in [6.45, 7) is 7.18. The van der Waals surface area contributed by atoms with Gasteiger partial charge in [0, 0.05) is 23.8 Å². The Labute approximate surface area is 110 Å². The van der Waals surface area contributed by atoms with Crippen molar-refractivity contribution in [1.29, 1.82) is 0 Å². The van der Waals surface area contributed by atoms with Gasteiger partial charge in [0.2, 0.25) is 0 Å². The van der Waals surface area contributed by atoms with Crippen LogP contribution < -0.4 is 10.6 Å². The fourth-order valence-corrected chi connectivity index (χ4v) is 2.16. The van der Waals surface area contributed by atoms with E-state index in [-0.39, 0.29) is 0 Å². The standard InChI is InChI=1S/C14H23ClN2/c1-3-5-10-17(4-2)14-11-13(15)7-6-12(14)8-9-16/h6-7,11H,3-5,8-10,16H2,1-2H3. The van der Waals surface area contributed by atoms with Crippen LogP contribution in [-0.2, 0) is 6.42 Å². The summed E-state index contributed by atoms with van der Waals surface area (Å²) in [5.41, 5.74) is 8.21. The average molecular weight is 255 g/mol. The van der Waals surface area contributed by atoms with Crippen molar-refractivity contribution in [2.75, 3.05) is 24.5 Å². The van der Waals surface area contributed by atoms with E-state index >= 15 is 0 Å². The van der Waals surface area contributed by atoms with E-state index in [1.54, 1.807) is 0 Å². The molecule has 0 amide bonds. The van der Waals surface area contributed by atoms with E-state index in [1.165, 1.54) is 24.1 Å². The van der Waals surface area contributed by atoms with Gasteiger partial charge in [0.15, 0.2) is 0 Å². The number of unbranched alkanes of at least 4 members (excludes halogenated alkanes) is 1. The fourth-order valence-electron chi connectivity index (χ4n) is 2.00. The Hall–Kier alpha value is -0.730. The summed E-state index contributed by atoms with van der Waals surface area (Å²) in [4.78, 5) is 2.39. The zero-order valence-electron chi connectivity index (χ0n) is 10.9. The minimum Gasteiger partial charge on any atom is -0.372 e. The van der Waals surface area contributed by atoms with Crippen LogP contribution in [0.4, 0.5) is 5.69 Å². The van der Waals surface area contributed by atoms with Crippen LogP contribution in [0, 0.1) is 0 Å². The lowest BCUT2D eigenvalue weighted by molar-refractivity contribution is 0.728. The molecule has 0 spiro atoms. The highest BCUT2D eigenvalue weighted by Crippen LogP contribution is 2.25. The van der Waals surface area contributed by atoms with Crippen molar-refractivity contribution >= 4 is 17.3 Å². The van der Waals surface area contributed by atoms with Gasteiger partial charge in [0.1, 0.15) is 0 Å². The molecule has 3 heteroatoms. The number of hydrogen-bond donors (Lipinski definition) is 1. The Morgan fingerprint density at radius 2 is 2.06 bits per heavy atom. The molecule has 0 aliphatic carbocycles. The van der Waals surface area contributed by atoms with Crippen molar-refractivity contribution in [2.24, 2.45) is 5.73 Å². The SMILES string of the molecule is CCCCN(CC)c1cc(Cl)ccc1CCN. The van der Waals surface area contributed by atoms with Gasteiger partial charge in [0.05, 0.1) is 0 Å². The number of halogens is 1. The Morgan fingerprint density at radius 1 is 1.29 bits per heavy atom. The molecule has 0 aliphatic heterocycles. The molecule has 0 heterocycles. The molecular weight excluding hydrogens is 232 g/mol. The molecule has 0 saturated heterocycles. The van der Waals surface area contributed by atoms with E-state index < -0.39 is 0 Å². The number of nitrogens with two attached hydrogens (primary N) is 1. The van der Waals surface area contributed by atoms with Crippen molar-refractivity contribution in [3.63, 3.8) is 0 Å². The predicted molar refractivity (Wildman–Crippen MR) is 77.0 cm³/mol. The van der Waals surface area contributed by atoms with Crippen LogP contribution in [0.25, 0.3) is 0 Å². The summed E-state index contributed by atoms with van der Waals surface area (Å²) in [5, 5.41) is 0.802. The first-order valence-electron chi connectivity index (χ1n) is 6.46. The Balaban J connectivity index is 2.93. The van der Waals surface area contributed by atoms with E-state index in [1.807, 2.05) is 6.07 Å². The maximum absolute atomic E-state index is 6.09. The monoisotopic (exact) mass is 254 g/mol. The summed E-state index contributed by atoms with van der Waals surface area (Å²) in [6, 6.07) is 6.11. The van der Waals surface area contributed by atoms with Crippen molar-refractivity contribution < 1.29 is 0 Å². The Bertz CT molecular complexity index is 339. The third-order valence-electron chi connectivity index (χ3n) is 2.97. The van der Waals surface area contributed by atoms with Crippen LogP contribution in [0.5, 0.6) is 0 Å². The molecule has 0 radical (unpaired) electrons. The quantitative estimate of drug-likeness (QED) is 0.807. The number of hydrogen-bond acceptors (Lipinski definition) is 2. The van der Waals surface area contributed by atoms with E-state index in [2.05, 4.69) is 30.9 Å². The topological polar surface area (TPSA) is 29.3 Å². The minimum atomic E-state index is 0.681. The maximum Gasteiger partial charge on any atom is 0.0426 e. The summed E-state index contributed by atoms with van der Waals surface area (Å²) in [5.74, 6) is 0. The maximum atomic E-state index is 6.09. The second-order valence-electron chi connectivity index (χ2n) is 4.24. The molecule has 0 bridgehead atoms. The first-order chi connectivity index (χ1) is 8.22. The minimum absolute atomic E-state index is 0.681. The lowest BCUT2D eigenvalue weighted by atomic mass is 10.1. The molecule has 2 N–H and O–H groups in total. The molecule has 0 fully saturated rings. The second-order valence-corrected chi connectivity index (χ2v) is 4.68. The van der Waals surface area contributed by atoms with Crippen molar-refractivity contribution in [1.82, 2.24) is 0 Å². The molecule has 1 rings (SSSR count). The van der Waals surface area contributed by atoms with Gasteiger partial charge in [0.25, 0.3) is 0 Å². The van der Waals surface area contributed by atoms with Crippen molar-refractivity contribution in [2.45, 2.75) is 33.1 Å². The lowest BCUT2D eigenvalue weighted by Crippen LogP contribution is -2.25. The molecule has 2 nitrogen and oxygen atoms in total. The number of rotatable bonds is 7. The molecule has 0 atom stereocenters. The van der Waals surface area contributed by atoms with Gasteiger partial charge in [-0.25, -0.2) is 0 Å². The van der Waals surface area contributed by atoms with E-state index in [9.17, 15) is 0 Å². The van der Waals surface area contributed by atoms with Crippen LogP contribution in [0.3, 0.4) is 0 Å². The van der Waals surface area contributed by atoms with Gasteiger partial charge in [-0.1, -0.05) is 31.0 Å². The highest BCUT2D eigenvalue weighted by Gasteiger charge is 2.09. The average Bonchev–Trinajstić information content (AvgIpc) is 2.33. The molecule has 0 aliphatic rings. The number of anilines is 1. The first kappa shape index (κ1) is 14.3. The molecule has 0 aromatic heterocycles. The van der Waals surface area contributed by atoms with Gasteiger partial charge in [-0.3, -0.25) is 0 Å². The summed E-state index contributed by atoms with van der Waals surface area (Å²) in [7, 11) is 0. The van der Waals surface area contributed by atoms with Crippen LogP contribution >= 0.6 is 11.6 Å². The molecule has 1 aromatic carbocycles. The van der Waals surface area contributed by atoms with Gasteiger partial charge < -0.3 is 10.6 Å². The van der Waals surface area contributed by atoms with Crippen LogP contribution in [0.1, 0.15) is 32.3 Å². The third-order valence-corrected chi connectivity index (χ3v) is 3.20. The van der Waals surface area contributed by atoms with Gasteiger partial charge in [-0.2, -0.15) is 0 Å². The number of nitrogens with zero attached hydrogens (tertiary/aromatic N) is 1. The smallest absolute Gasteiger partial charge is 0.0426 e. The first-order valence-corrected chi connectivity index (χ1v) is 6.84. The van der Waals surface area contributed by atoms with E-state index in [0.717, 1.165) is 24.5 Å². The lowest BCUT2D eigenvalue weighted by Gasteiger charge is -2.26. The van der Waals surface area contributed by atoms with Crippen molar-refractivity contribution in [3.8, 4) is 0 Å². The van der Waals surface area contributed by atoms with Crippen LogP contribution in [-0.4, -0.2) is 19.6 Å². The summed E-state index contributed by atoms with van der Waals surface area (Å²) in [6.07, 6.45) is 3.33. The fraction of sp³-hybridized carbons (Fsp3) is 0.571. The summed E-state index contributed by atoms with van der Waals surface area (Å²) >= 11 is 6.09. The second kappa shape index (κ2) is 7.57. The molecule has 1 aromatic rings. The van der Waals surface area contributed by atoms with Crippen LogP contribution in [0.2, 0.25) is 5.02 Å². The normalized spacial score (nSPS) is 10.6. The number of benzene rings is 1. The molecule has 17 heavy (non-hydrogen) atoms. The zero-order chi connectivity index (χ0) is 12.7. The highest BCUT2D eigenvalue weighted by atomic mass is 35.5. The Morgan fingerprint density at radius 3 is 2.65 bits per heavy atom. The Kier molecular flexibility index (Phi) is 6.38. The molecule has 0 unspecified atom stereocenters. The predicted octanol–water partition coefficient (Wildman–Crippen LogP) is 3.47. The highest BCUT2D eigenvalue weighted by molar-refractivity contribution is 6.30.